The molecule has 0 bridgehead atoms. The van der Waals surface area contributed by atoms with Gasteiger partial charge in [0.15, 0.2) is 5.78 Å². The maximum atomic E-state index is 12.8. The molecule has 0 atom stereocenters. The highest BCUT2D eigenvalue weighted by Crippen LogP contribution is 2.24. The first-order valence-electron chi connectivity index (χ1n) is 6.94. The van der Waals surface area contributed by atoms with Gasteiger partial charge < -0.3 is 4.42 Å². The first-order valence-corrected chi connectivity index (χ1v) is 7.92. The summed E-state index contributed by atoms with van der Waals surface area (Å²) in [5.74, 6) is 0.0851. The van der Waals surface area contributed by atoms with Crippen molar-refractivity contribution in [3.63, 3.8) is 0 Å². The summed E-state index contributed by atoms with van der Waals surface area (Å²) in [4.78, 5) is 12.0. The van der Waals surface area contributed by atoms with Crippen molar-refractivity contribution in [2.24, 2.45) is 0 Å². The predicted molar refractivity (Wildman–Crippen MR) is 85.9 cm³/mol. The molecule has 3 aromatic rings. The summed E-state index contributed by atoms with van der Waals surface area (Å²) in [6.07, 6.45) is 0. The lowest BCUT2D eigenvalue weighted by Crippen LogP contribution is -2.02. The number of Topliss-reactive ketones (excluding diaryl/α,β-unsaturated/α-hetero) is 1. The molecule has 0 saturated carbocycles. The lowest BCUT2D eigenvalue weighted by atomic mass is 10.1. The Kier molecular flexibility index (Phi) is 4.52. The first kappa shape index (κ1) is 15.4. The first-order chi connectivity index (χ1) is 11.1. The predicted octanol–water partition coefficient (Wildman–Crippen LogP) is 4.16. The molecule has 2 aromatic carbocycles. The molecule has 0 N–H and O–H groups in total. The Bertz CT molecular complexity index is 813. The van der Waals surface area contributed by atoms with Gasteiger partial charge in [-0.2, -0.15) is 0 Å². The Labute approximate surface area is 136 Å². The lowest BCUT2D eigenvalue weighted by Gasteiger charge is -1.98. The third kappa shape index (κ3) is 3.84. The zero-order valence-electron chi connectivity index (χ0n) is 12.3. The highest BCUT2D eigenvalue weighted by atomic mass is 32.2. The Hall–Kier alpha value is -2.47. The van der Waals surface area contributed by atoms with E-state index in [-0.39, 0.29) is 17.4 Å². The minimum Gasteiger partial charge on any atom is -0.411 e. The van der Waals surface area contributed by atoms with E-state index in [0.717, 1.165) is 22.9 Å². The fraction of sp³-hybridized carbons (Fsp3) is 0.118. The summed E-state index contributed by atoms with van der Waals surface area (Å²) in [7, 11) is 0. The second-order valence-corrected chi connectivity index (χ2v) is 5.88. The van der Waals surface area contributed by atoms with E-state index in [0.29, 0.717) is 16.7 Å². The number of thioether (sulfide) groups is 1. The van der Waals surface area contributed by atoms with E-state index in [2.05, 4.69) is 10.2 Å². The van der Waals surface area contributed by atoms with E-state index in [1.165, 1.54) is 24.3 Å². The number of aromatic nitrogens is 2. The summed E-state index contributed by atoms with van der Waals surface area (Å²) >= 11 is 1.16. The van der Waals surface area contributed by atoms with E-state index in [9.17, 15) is 9.18 Å². The molecule has 6 heteroatoms. The minimum absolute atomic E-state index is 0.120. The van der Waals surface area contributed by atoms with Gasteiger partial charge in [-0.25, -0.2) is 4.39 Å². The molecule has 0 unspecified atom stereocenters. The summed E-state index contributed by atoms with van der Waals surface area (Å²) in [5.41, 5.74) is 2.43. The van der Waals surface area contributed by atoms with Crippen LogP contribution in [0.25, 0.3) is 11.5 Å². The van der Waals surface area contributed by atoms with Crippen molar-refractivity contribution in [3.8, 4) is 11.5 Å². The number of ketones is 1. The number of benzene rings is 2. The molecular weight excluding hydrogens is 315 g/mol. The molecule has 0 spiro atoms. The highest BCUT2D eigenvalue weighted by molar-refractivity contribution is 7.99. The van der Waals surface area contributed by atoms with E-state index < -0.39 is 0 Å². The Balaban J connectivity index is 1.64. The largest absolute Gasteiger partial charge is 0.411 e. The van der Waals surface area contributed by atoms with E-state index in [1.54, 1.807) is 0 Å². The number of carbonyl (C=O) groups excluding carboxylic acids is 1. The molecule has 0 aliphatic heterocycles. The molecule has 1 heterocycles. The molecule has 0 fully saturated rings. The molecular formula is C17H13FN2O2S. The van der Waals surface area contributed by atoms with Crippen LogP contribution in [0, 0.1) is 12.7 Å². The number of aryl methyl sites for hydroxylation is 1. The third-order valence-electron chi connectivity index (χ3n) is 3.20. The zero-order chi connectivity index (χ0) is 16.2. The molecule has 23 heavy (non-hydrogen) atoms. The molecule has 1 aromatic heterocycles. The summed E-state index contributed by atoms with van der Waals surface area (Å²) < 4.78 is 18.4. The van der Waals surface area contributed by atoms with Gasteiger partial charge >= 0.3 is 0 Å². The highest BCUT2D eigenvalue weighted by Gasteiger charge is 2.12. The molecule has 0 radical (unpaired) electrons. The normalized spacial score (nSPS) is 10.7. The van der Waals surface area contributed by atoms with Gasteiger partial charge in [-0.05, 0) is 43.3 Å². The number of halogens is 1. The molecule has 116 valence electrons. The van der Waals surface area contributed by atoms with Gasteiger partial charge in [-0.3, -0.25) is 4.79 Å². The van der Waals surface area contributed by atoms with Crippen LogP contribution in [0.15, 0.2) is 58.2 Å². The van der Waals surface area contributed by atoms with Crippen LogP contribution in [-0.4, -0.2) is 21.7 Å². The van der Waals surface area contributed by atoms with Gasteiger partial charge in [0.25, 0.3) is 5.22 Å². The molecule has 0 aliphatic rings. The summed E-state index contributed by atoms with van der Waals surface area (Å²) in [6.45, 7) is 2.00. The van der Waals surface area contributed by atoms with Crippen molar-refractivity contribution in [2.45, 2.75) is 12.1 Å². The fourth-order valence-electron chi connectivity index (χ4n) is 1.93. The Morgan fingerprint density at radius 1 is 1.09 bits per heavy atom. The fourth-order valence-corrected chi connectivity index (χ4v) is 2.58. The van der Waals surface area contributed by atoms with Crippen molar-refractivity contribution in [1.82, 2.24) is 10.2 Å². The van der Waals surface area contributed by atoms with Gasteiger partial charge in [0.2, 0.25) is 5.89 Å². The van der Waals surface area contributed by atoms with Crippen LogP contribution in [0.3, 0.4) is 0 Å². The van der Waals surface area contributed by atoms with E-state index in [1.807, 2.05) is 31.2 Å². The van der Waals surface area contributed by atoms with Crippen molar-refractivity contribution in [3.05, 3.63) is 65.5 Å². The maximum absolute atomic E-state index is 12.8. The van der Waals surface area contributed by atoms with Crippen LogP contribution in [-0.2, 0) is 0 Å². The maximum Gasteiger partial charge on any atom is 0.277 e. The number of rotatable bonds is 5. The van der Waals surface area contributed by atoms with Crippen LogP contribution in [0.2, 0.25) is 0 Å². The number of nitrogens with zero attached hydrogens (tertiary/aromatic N) is 2. The van der Waals surface area contributed by atoms with E-state index in [4.69, 9.17) is 4.42 Å². The molecule has 4 nitrogen and oxygen atoms in total. The van der Waals surface area contributed by atoms with Crippen LogP contribution in [0.4, 0.5) is 4.39 Å². The van der Waals surface area contributed by atoms with Crippen LogP contribution in [0.5, 0.6) is 0 Å². The number of carbonyl (C=O) groups is 1. The summed E-state index contributed by atoms with van der Waals surface area (Å²) in [5, 5.41) is 8.24. The average molecular weight is 328 g/mol. The van der Waals surface area contributed by atoms with Gasteiger partial charge in [0.1, 0.15) is 5.82 Å². The second-order valence-electron chi connectivity index (χ2n) is 4.96. The van der Waals surface area contributed by atoms with E-state index >= 15 is 0 Å². The lowest BCUT2D eigenvalue weighted by molar-refractivity contribution is 0.102. The van der Waals surface area contributed by atoms with Crippen molar-refractivity contribution < 1.29 is 13.6 Å². The third-order valence-corrected chi connectivity index (χ3v) is 4.02. The SMILES string of the molecule is Cc1ccc(-c2nnc(SCC(=O)c3ccc(F)cc3)o2)cc1. The standard InChI is InChI=1S/C17H13FN2O2S/c1-11-2-4-13(5-3-11)16-19-20-17(22-16)23-10-15(21)12-6-8-14(18)9-7-12/h2-9H,10H2,1H3. The summed E-state index contributed by atoms with van der Waals surface area (Å²) in [6, 6.07) is 13.2. The molecule has 0 saturated heterocycles. The van der Waals surface area contributed by atoms with Crippen LogP contribution < -0.4 is 0 Å². The average Bonchev–Trinajstić information content (AvgIpc) is 3.03. The Morgan fingerprint density at radius 3 is 2.48 bits per heavy atom. The van der Waals surface area contributed by atoms with Crippen molar-refractivity contribution in [2.75, 3.05) is 5.75 Å². The van der Waals surface area contributed by atoms with Gasteiger partial charge in [-0.1, -0.05) is 29.5 Å². The van der Waals surface area contributed by atoms with Crippen LogP contribution in [0.1, 0.15) is 15.9 Å². The van der Waals surface area contributed by atoms with Gasteiger partial charge in [-0.15, -0.1) is 10.2 Å². The monoisotopic (exact) mass is 328 g/mol. The second kappa shape index (κ2) is 6.75. The quantitative estimate of drug-likeness (QED) is 0.520. The molecule has 3 rings (SSSR count). The number of hydrogen-bond acceptors (Lipinski definition) is 5. The topological polar surface area (TPSA) is 56.0 Å². The molecule has 0 aliphatic carbocycles. The van der Waals surface area contributed by atoms with Crippen LogP contribution >= 0.6 is 11.8 Å². The van der Waals surface area contributed by atoms with Crippen molar-refractivity contribution in [1.29, 1.82) is 0 Å². The van der Waals surface area contributed by atoms with Gasteiger partial charge in [0, 0.05) is 11.1 Å². The van der Waals surface area contributed by atoms with Crippen molar-refractivity contribution >= 4 is 17.5 Å². The molecule has 0 amide bonds. The smallest absolute Gasteiger partial charge is 0.277 e. The minimum atomic E-state index is -0.367. The van der Waals surface area contributed by atoms with Gasteiger partial charge in [0.05, 0.1) is 5.75 Å². The number of hydrogen-bond donors (Lipinski definition) is 0. The Morgan fingerprint density at radius 2 is 1.78 bits per heavy atom. The zero-order valence-corrected chi connectivity index (χ0v) is 13.1.